The molecule has 3 N–H and O–H groups in total. The summed E-state index contributed by atoms with van der Waals surface area (Å²) >= 11 is 0. The number of benzene rings is 1. The average molecular weight is 534 g/mol. The van der Waals surface area contributed by atoms with E-state index in [1.165, 1.54) is 0 Å². The first kappa shape index (κ1) is 26.4. The van der Waals surface area contributed by atoms with Crippen molar-refractivity contribution in [3.05, 3.63) is 35.4 Å². The lowest BCUT2D eigenvalue weighted by atomic mass is 10.1. The molecule has 0 saturated carbocycles. The van der Waals surface area contributed by atoms with Crippen LogP contribution in [-0.2, 0) is 27.4 Å². The summed E-state index contributed by atoms with van der Waals surface area (Å²) in [5, 5.41) is 3.26. The number of halogens is 1. The van der Waals surface area contributed by atoms with Gasteiger partial charge in [0.15, 0.2) is 5.96 Å². The molecule has 0 spiro atoms. The molecule has 1 aromatic rings. The van der Waals surface area contributed by atoms with Crippen LogP contribution in [0.4, 0.5) is 4.79 Å². The predicted molar refractivity (Wildman–Crippen MR) is 128 cm³/mol. The molecular weight excluding hydrogens is 499 g/mol. The third-order valence-electron chi connectivity index (χ3n) is 4.64. The van der Waals surface area contributed by atoms with Crippen LogP contribution >= 0.6 is 24.0 Å². The molecule has 0 radical (unpaired) electrons. The number of piperidine rings is 1. The van der Waals surface area contributed by atoms with Crippen LogP contribution in [0.5, 0.6) is 0 Å². The molecule has 0 aliphatic carbocycles. The highest BCUT2D eigenvalue weighted by molar-refractivity contribution is 14.0. The van der Waals surface area contributed by atoms with Gasteiger partial charge in [0, 0.05) is 25.7 Å². The molecular formula is C21H35IN4O4. The minimum atomic E-state index is -0.241. The molecule has 30 heavy (non-hydrogen) atoms. The summed E-state index contributed by atoms with van der Waals surface area (Å²) in [6.07, 6.45) is 1.40. The number of hydrogen-bond donors (Lipinski definition) is 2. The molecule has 1 aliphatic heterocycles. The number of rotatable bonds is 10. The quantitative estimate of drug-likeness (QED) is 0.207. The van der Waals surface area contributed by atoms with Crippen molar-refractivity contribution < 1.29 is 19.0 Å². The molecule has 1 aromatic carbocycles. The second kappa shape index (κ2) is 15.2. The Balaban J connectivity index is 0.00000450. The molecule has 0 atom stereocenters. The fourth-order valence-electron chi connectivity index (χ4n) is 3.12. The summed E-state index contributed by atoms with van der Waals surface area (Å²) < 4.78 is 15.9. The Morgan fingerprint density at radius 3 is 2.57 bits per heavy atom. The molecule has 0 unspecified atom stereocenters. The second-order valence-electron chi connectivity index (χ2n) is 6.88. The van der Waals surface area contributed by atoms with Gasteiger partial charge >= 0.3 is 6.09 Å². The minimum Gasteiger partial charge on any atom is -0.450 e. The Labute approximate surface area is 196 Å². The number of aliphatic imine (C=N–C) groups is 1. The molecule has 1 fully saturated rings. The summed E-state index contributed by atoms with van der Waals surface area (Å²) in [7, 11) is 0. The number of carbonyl (C=O) groups is 1. The first-order chi connectivity index (χ1) is 14.1. The van der Waals surface area contributed by atoms with Gasteiger partial charge in [0.1, 0.15) is 0 Å². The molecule has 9 heteroatoms. The molecule has 8 nitrogen and oxygen atoms in total. The van der Waals surface area contributed by atoms with Crippen molar-refractivity contribution in [3.63, 3.8) is 0 Å². The molecule has 2 rings (SSSR count). The van der Waals surface area contributed by atoms with Gasteiger partial charge in [-0.25, -0.2) is 9.79 Å². The van der Waals surface area contributed by atoms with E-state index in [1.807, 2.05) is 32.0 Å². The monoisotopic (exact) mass is 534 g/mol. The fraction of sp³-hybridized carbons (Fsp3) is 0.619. The van der Waals surface area contributed by atoms with Gasteiger partial charge in [-0.2, -0.15) is 0 Å². The van der Waals surface area contributed by atoms with E-state index in [9.17, 15) is 4.79 Å². The zero-order chi connectivity index (χ0) is 20.9. The van der Waals surface area contributed by atoms with Gasteiger partial charge in [0.05, 0.1) is 33.0 Å². The van der Waals surface area contributed by atoms with Gasteiger partial charge in [-0.15, -0.1) is 24.0 Å². The molecule has 1 heterocycles. The predicted octanol–water partition coefficient (Wildman–Crippen LogP) is 2.88. The highest BCUT2D eigenvalue weighted by Crippen LogP contribution is 2.12. The fourth-order valence-corrected chi connectivity index (χ4v) is 3.12. The van der Waals surface area contributed by atoms with Gasteiger partial charge < -0.3 is 30.2 Å². The van der Waals surface area contributed by atoms with Crippen molar-refractivity contribution >= 4 is 36.0 Å². The Hall–Kier alpha value is -1.59. The van der Waals surface area contributed by atoms with Crippen LogP contribution in [0.1, 0.15) is 37.8 Å². The standard InChI is InChI=1S/C21H34N4O4.HI/c1-3-27-12-13-28-16-18-7-5-6-17(14-18)15-23-20(22)24-19-8-10-25(11-9-19)21(26)29-4-2;/h5-7,14,19H,3-4,8-13,15-16H2,1-2H3,(H3,22,23,24);1H. The average Bonchev–Trinajstić information content (AvgIpc) is 2.73. The van der Waals surface area contributed by atoms with Crippen molar-refractivity contribution in [1.29, 1.82) is 0 Å². The maximum absolute atomic E-state index is 11.7. The van der Waals surface area contributed by atoms with Crippen LogP contribution in [0.25, 0.3) is 0 Å². The third-order valence-corrected chi connectivity index (χ3v) is 4.64. The summed E-state index contributed by atoms with van der Waals surface area (Å²) in [5.74, 6) is 0.429. The van der Waals surface area contributed by atoms with Crippen molar-refractivity contribution in [1.82, 2.24) is 10.2 Å². The van der Waals surface area contributed by atoms with E-state index in [-0.39, 0.29) is 36.1 Å². The maximum atomic E-state index is 11.7. The Bertz CT molecular complexity index is 652. The Morgan fingerprint density at radius 1 is 1.17 bits per heavy atom. The molecule has 0 aromatic heterocycles. The van der Waals surface area contributed by atoms with Gasteiger partial charge in [0.2, 0.25) is 0 Å². The zero-order valence-corrected chi connectivity index (χ0v) is 20.3. The lowest BCUT2D eigenvalue weighted by Crippen LogP contribution is -2.48. The van der Waals surface area contributed by atoms with E-state index >= 15 is 0 Å². The van der Waals surface area contributed by atoms with E-state index in [0.29, 0.717) is 58.6 Å². The lowest BCUT2D eigenvalue weighted by Gasteiger charge is -2.31. The Morgan fingerprint density at radius 2 is 1.87 bits per heavy atom. The smallest absolute Gasteiger partial charge is 0.409 e. The van der Waals surface area contributed by atoms with Crippen LogP contribution in [0.15, 0.2) is 29.3 Å². The first-order valence-corrected chi connectivity index (χ1v) is 10.3. The van der Waals surface area contributed by atoms with Crippen LogP contribution in [0, 0.1) is 0 Å². The minimum absolute atomic E-state index is 0. The molecule has 1 aliphatic rings. The maximum Gasteiger partial charge on any atom is 0.409 e. The molecule has 0 bridgehead atoms. The number of hydrogen-bond acceptors (Lipinski definition) is 5. The topological polar surface area (TPSA) is 98.4 Å². The van der Waals surface area contributed by atoms with E-state index in [2.05, 4.69) is 16.4 Å². The molecule has 170 valence electrons. The SMILES string of the molecule is CCOCCOCc1cccc(CN=C(N)NC2CCN(C(=O)OCC)CC2)c1.I. The number of nitrogens with zero attached hydrogens (tertiary/aromatic N) is 2. The summed E-state index contributed by atoms with van der Waals surface area (Å²) in [5.41, 5.74) is 8.24. The van der Waals surface area contributed by atoms with Crippen molar-refractivity contribution in [2.45, 2.75) is 45.9 Å². The third kappa shape index (κ3) is 9.94. The van der Waals surface area contributed by atoms with Crippen LogP contribution < -0.4 is 11.1 Å². The van der Waals surface area contributed by atoms with E-state index < -0.39 is 0 Å². The van der Waals surface area contributed by atoms with E-state index in [0.717, 1.165) is 24.0 Å². The second-order valence-corrected chi connectivity index (χ2v) is 6.88. The number of nitrogens with two attached hydrogens (primary N) is 1. The van der Waals surface area contributed by atoms with Crippen LogP contribution in [0.2, 0.25) is 0 Å². The number of amides is 1. The number of carbonyl (C=O) groups excluding carboxylic acids is 1. The van der Waals surface area contributed by atoms with Crippen LogP contribution in [0.3, 0.4) is 0 Å². The number of ether oxygens (including phenoxy) is 3. The van der Waals surface area contributed by atoms with Gasteiger partial charge in [0.25, 0.3) is 0 Å². The normalized spacial score (nSPS) is 14.9. The van der Waals surface area contributed by atoms with Crippen molar-refractivity contribution in [3.8, 4) is 0 Å². The van der Waals surface area contributed by atoms with Crippen LogP contribution in [-0.4, -0.2) is 62.5 Å². The number of nitrogens with one attached hydrogen (secondary N) is 1. The number of likely N-dealkylation sites (tertiary alicyclic amines) is 1. The first-order valence-electron chi connectivity index (χ1n) is 10.3. The van der Waals surface area contributed by atoms with Gasteiger partial charge in [-0.1, -0.05) is 24.3 Å². The Kier molecular flexibility index (Phi) is 13.4. The molecule has 1 saturated heterocycles. The highest BCUT2D eigenvalue weighted by atomic mass is 127. The van der Waals surface area contributed by atoms with Gasteiger partial charge in [-0.05, 0) is 37.8 Å². The highest BCUT2D eigenvalue weighted by Gasteiger charge is 2.23. The molecule has 1 amide bonds. The van der Waals surface area contributed by atoms with E-state index in [4.69, 9.17) is 19.9 Å². The van der Waals surface area contributed by atoms with Crippen molar-refractivity contribution in [2.24, 2.45) is 10.7 Å². The summed E-state index contributed by atoms with van der Waals surface area (Å²) in [6, 6.07) is 8.36. The van der Waals surface area contributed by atoms with E-state index in [1.54, 1.807) is 4.90 Å². The summed E-state index contributed by atoms with van der Waals surface area (Å²) in [6.45, 7) is 8.47. The summed E-state index contributed by atoms with van der Waals surface area (Å²) in [4.78, 5) is 17.9. The number of guanidine groups is 1. The lowest BCUT2D eigenvalue weighted by molar-refractivity contribution is 0.0453. The van der Waals surface area contributed by atoms with Crippen molar-refractivity contribution in [2.75, 3.05) is 39.5 Å². The van der Waals surface area contributed by atoms with Gasteiger partial charge in [-0.3, -0.25) is 0 Å². The largest absolute Gasteiger partial charge is 0.450 e. The zero-order valence-electron chi connectivity index (χ0n) is 18.0.